The Morgan fingerprint density at radius 2 is 1.78 bits per heavy atom. The molecule has 27 heavy (non-hydrogen) atoms. The molecule has 0 fully saturated rings. The fourth-order valence-electron chi connectivity index (χ4n) is 2.62. The quantitative estimate of drug-likeness (QED) is 0.448. The highest BCUT2D eigenvalue weighted by Gasteiger charge is 2.35. The van der Waals surface area contributed by atoms with Crippen molar-refractivity contribution in [3.63, 3.8) is 0 Å². The van der Waals surface area contributed by atoms with Gasteiger partial charge in [-0.3, -0.25) is 4.57 Å². The van der Waals surface area contributed by atoms with Crippen molar-refractivity contribution >= 4 is 11.6 Å². The summed E-state index contributed by atoms with van der Waals surface area (Å²) in [5, 5.41) is 0.305. The predicted molar refractivity (Wildman–Crippen MR) is 95.8 cm³/mol. The average molecular weight is 391 g/mol. The molecule has 0 radical (unpaired) electrons. The number of hydrogen-bond acceptors (Lipinski definition) is 3. The van der Waals surface area contributed by atoms with E-state index in [1.807, 2.05) is 0 Å². The molecule has 0 saturated carbocycles. The second-order valence-electron chi connectivity index (χ2n) is 5.87. The van der Waals surface area contributed by atoms with Crippen LogP contribution in [0.5, 0.6) is 0 Å². The van der Waals surface area contributed by atoms with Gasteiger partial charge in [-0.25, -0.2) is 15.0 Å². The number of alkyl halides is 3. The zero-order valence-corrected chi connectivity index (χ0v) is 15.4. The van der Waals surface area contributed by atoms with Crippen LogP contribution in [0.2, 0.25) is 5.15 Å². The molecule has 0 aliphatic rings. The van der Waals surface area contributed by atoms with Gasteiger partial charge in [0.25, 0.3) is 0 Å². The fourth-order valence-corrected chi connectivity index (χ4v) is 2.79. The van der Waals surface area contributed by atoms with E-state index in [4.69, 9.17) is 11.6 Å². The molecule has 0 atom stereocenters. The lowest BCUT2D eigenvalue weighted by Gasteiger charge is -2.15. The van der Waals surface area contributed by atoms with Crippen LogP contribution in [0.3, 0.4) is 0 Å². The summed E-state index contributed by atoms with van der Waals surface area (Å²) in [6.07, 6.45) is -3.01. The highest BCUT2D eigenvalue weighted by molar-refractivity contribution is 6.29. The third-order valence-electron chi connectivity index (χ3n) is 3.86. The average Bonchev–Trinajstić information content (AvgIpc) is 2.85. The van der Waals surface area contributed by atoms with E-state index >= 15 is 0 Å². The second kappa shape index (κ2) is 7.05. The normalized spacial score (nSPS) is 11.2. The van der Waals surface area contributed by atoms with Gasteiger partial charge >= 0.3 is 6.18 Å². The summed E-state index contributed by atoms with van der Waals surface area (Å²) in [5.74, 6) is 5.95. The number of halogens is 4. The van der Waals surface area contributed by atoms with Gasteiger partial charge in [0.1, 0.15) is 16.7 Å². The molecule has 0 aliphatic carbocycles. The highest BCUT2D eigenvalue weighted by atomic mass is 35.5. The van der Waals surface area contributed by atoms with Crippen LogP contribution in [0.15, 0.2) is 30.5 Å². The van der Waals surface area contributed by atoms with E-state index < -0.39 is 11.7 Å². The summed E-state index contributed by atoms with van der Waals surface area (Å²) in [7, 11) is 0. The van der Waals surface area contributed by atoms with Crippen LogP contribution in [0.4, 0.5) is 13.2 Å². The van der Waals surface area contributed by atoms with Gasteiger partial charge in [0, 0.05) is 17.5 Å². The van der Waals surface area contributed by atoms with Crippen molar-refractivity contribution in [1.29, 1.82) is 0 Å². The first-order valence-electron chi connectivity index (χ1n) is 7.91. The molecule has 0 aliphatic heterocycles. The van der Waals surface area contributed by atoms with Gasteiger partial charge < -0.3 is 0 Å². The Hall–Kier alpha value is -2.85. The molecule has 3 aromatic heterocycles. The van der Waals surface area contributed by atoms with Crippen LogP contribution in [-0.2, 0) is 6.18 Å². The molecule has 8 heteroatoms. The van der Waals surface area contributed by atoms with E-state index in [0.29, 0.717) is 33.6 Å². The van der Waals surface area contributed by atoms with E-state index in [9.17, 15) is 13.2 Å². The lowest BCUT2D eigenvalue weighted by molar-refractivity contribution is -0.137. The molecule has 4 nitrogen and oxygen atoms in total. The zero-order chi connectivity index (χ0) is 19.8. The SMILES string of the molecule is Cc1ccc(C(F)(F)F)c(-n2c(C)nc(C#Cc3ccnc(Cl)c3)c2C)n1. The van der Waals surface area contributed by atoms with Crippen molar-refractivity contribution in [3.05, 3.63) is 69.6 Å². The second-order valence-corrected chi connectivity index (χ2v) is 6.25. The van der Waals surface area contributed by atoms with E-state index in [-0.39, 0.29) is 5.82 Å². The topological polar surface area (TPSA) is 43.6 Å². The number of pyridine rings is 2. The van der Waals surface area contributed by atoms with Crippen LogP contribution in [0.25, 0.3) is 5.82 Å². The summed E-state index contributed by atoms with van der Waals surface area (Å²) in [4.78, 5) is 12.3. The zero-order valence-electron chi connectivity index (χ0n) is 14.7. The van der Waals surface area contributed by atoms with Gasteiger partial charge in [0.2, 0.25) is 0 Å². The number of hydrogen-bond donors (Lipinski definition) is 0. The molecule has 3 rings (SSSR count). The molecule has 3 aromatic rings. The van der Waals surface area contributed by atoms with Gasteiger partial charge in [-0.2, -0.15) is 13.2 Å². The minimum absolute atomic E-state index is 0.204. The van der Waals surface area contributed by atoms with E-state index in [0.717, 1.165) is 6.07 Å². The van der Waals surface area contributed by atoms with Gasteiger partial charge in [-0.15, -0.1) is 0 Å². The first-order chi connectivity index (χ1) is 12.7. The van der Waals surface area contributed by atoms with Crippen molar-refractivity contribution < 1.29 is 13.2 Å². The van der Waals surface area contributed by atoms with Gasteiger partial charge in [0.15, 0.2) is 5.82 Å². The van der Waals surface area contributed by atoms with Crippen molar-refractivity contribution in [1.82, 2.24) is 19.5 Å². The Balaban J connectivity index is 2.13. The van der Waals surface area contributed by atoms with Crippen molar-refractivity contribution in [2.75, 3.05) is 0 Å². The van der Waals surface area contributed by atoms with Crippen LogP contribution < -0.4 is 0 Å². The van der Waals surface area contributed by atoms with Crippen LogP contribution in [0.1, 0.15) is 34.0 Å². The monoisotopic (exact) mass is 390 g/mol. The van der Waals surface area contributed by atoms with Crippen molar-refractivity contribution in [2.24, 2.45) is 0 Å². The number of rotatable bonds is 1. The third kappa shape index (κ3) is 3.96. The summed E-state index contributed by atoms with van der Waals surface area (Å²) in [6, 6.07) is 5.64. The van der Waals surface area contributed by atoms with E-state index in [1.165, 1.54) is 16.8 Å². The first kappa shape index (κ1) is 18.9. The summed E-state index contributed by atoms with van der Waals surface area (Å²) in [5.41, 5.74) is 1.13. The van der Waals surface area contributed by atoms with Crippen LogP contribution in [-0.4, -0.2) is 19.5 Å². The smallest absolute Gasteiger partial charge is 0.283 e. The molecule has 0 saturated heterocycles. The molecule has 0 amide bonds. The van der Waals surface area contributed by atoms with Gasteiger partial charge in [-0.1, -0.05) is 17.5 Å². The lowest BCUT2D eigenvalue weighted by atomic mass is 10.2. The number of nitrogens with zero attached hydrogens (tertiary/aromatic N) is 4. The number of aryl methyl sites for hydroxylation is 2. The minimum Gasteiger partial charge on any atom is -0.283 e. The molecule has 138 valence electrons. The van der Waals surface area contributed by atoms with Gasteiger partial charge in [-0.05, 0) is 51.0 Å². The molecule has 0 spiro atoms. The van der Waals surface area contributed by atoms with Crippen LogP contribution in [0, 0.1) is 32.6 Å². The molecule has 0 bridgehead atoms. The molecule has 0 aromatic carbocycles. The Morgan fingerprint density at radius 3 is 2.44 bits per heavy atom. The maximum absolute atomic E-state index is 13.4. The van der Waals surface area contributed by atoms with Crippen molar-refractivity contribution in [2.45, 2.75) is 26.9 Å². The Morgan fingerprint density at radius 1 is 1.04 bits per heavy atom. The molecule has 0 N–H and O–H groups in total. The first-order valence-corrected chi connectivity index (χ1v) is 8.29. The largest absolute Gasteiger partial charge is 0.419 e. The Kier molecular flexibility index (Phi) is 4.94. The Bertz CT molecular complexity index is 1070. The standard InChI is InChI=1S/C19H14ClF3N4/c1-11-4-6-15(19(21,22)23)18(25-11)27-12(2)16(26-13(27)3)7-5-14-8-9-24-17(20)10-14/h4,6,8-10H,1-3H3. The Labute approximate surface area is 159 Å². The maximum Gasteiger partial charge on any atom is 0.419 e. The summed E-state index contributed by atoms with van der Waals surface area (Å²) < 4.78 is 41.6. The molecule has 3 heterocycles. The molecular formula is C19H14ClF3N4. The molecular weight excluding hydrogens is 377 g/mol. The maximum atomic E-state index is 13.4. The summed E-state index contributed by atoms with van der Waals surface area (Å²) in [6.45, 7) is 4.92. The third-order valence-corrected chi connectivity index (χ3v) is 4.07. The van der Waals surface area contributed by atoms with Crippen LogP contribution >= 0.6 is 11.6 Å². The van der Waals surface area contributed by atoms with E-state index in [1.54, 1.807) is 32.9 Å². The van der Waals surface area contributed by atoms with Gasteiger partial charge in [0.05, 0.1) is 11.3 Å². The lowest BCUT2D eigenvalue weighted by Crippen LogP contribution is -2.14. The molecule has 0 unspecified atom stereocenters. The number of aromatic nitrogens is 4. The predicted octanol–water partition coefficient (Wildman–Crippen LogP) is 4.66. The number of imidazole rings is 1. The highest BCUT2D eigenvalue weighted by Crippen LogP contribution is 2.34. The van der Waals surface area contributed by atoms with E-state index in [2.05, 4.69) is 26.8 Å². The summed E-state index contributed by atoms with van der Waals surface area (Å²) >= 11 is 5.83. The minimum atomic E-state index is -4.53. The van der Waals surface area contributed by atoms with Crippen molar-refractivity contribution in [3.8, 4) is 17.7 Å². The fraction of sp³-hybridized carbons (Fsp3) is 0.211.